The molecule has 0 bridgehead atoms. The Morgan fingerprint density at radius 3 is 2.55 bits per heavy atom. The first-order valence-corrected chi connectivity index (χ1v) is 13.4. The molecule has 1 aliphatic heterocycles. The second kappa shape index (κ2) is 10.6. The molecular formula is C29H28F2N6O5. The molecule has 3 N–H and O–H groups in total. The van der Waals surface area contributed by atoms with E-state index in [9.17, 15) is 18.4 Å². The number of carbonyl (C=O) groups is 2. The highest BCUT2D eigenvalue weighted by Gasteiger charge is 2.58. The molecule has 6 rings (SSSR count). The number of aryl methyl sites for hydroxylation is 2. The number of nitrogens with zero attached hydrogens (tertiary/aromatic N) is 3. The third kappa shape index (κ3) is 4.79. The number of aromatic amines is 1. The van der Waals surface area contributed by atoms with Gasteiger partial charge < -0.3 is 20.1 Å². The van der Waals surface area contributed by atoms with Crippen LogP contribution in [-0.2, 0) is 16.1 Å². The predicted octanol–water partition coefficient (Wildman–Crippen LogP) is 4.19. The highest BCUT2D eigenvalue weighted by Crippen LogP contribution is 2.61. The lowest BCUT2D eigenvalue weighted by Gasteiger charge is -2.38. The second-order valence-corrected chi connectivity index (χ2v) is 10.7. The molecule has 0 radical (unpaired) electrons. The zero-order valence-electron chi connectivity index (χ0n) is 23.1. The van der Waals surface area contributed by atoms with E-state index in [1.807, 2.05) is 19.1 Å². The van der Waals surface area contributed by atoms with Crippen LogP contribution >= 0.6 is 0 Å². The monoisotopic (exact) mass is 578 g/mol. The number of ether oxygens (including phenoxy) is 2. The van der Waals surface area contributed by atoms with E-state index in [1.165, 1.54) is 6.07 Å². The number of methoxy groups -OCH3 is 1. The van der Waals surface area contributed by atoms with Crippen molar-refractivity contribution >= 4 is 17.5 Å². The second-order valence-electron chi connectivity index (χ2n) is 10.7. The van der Waals surface area contributed by atoms with Gasteiger partial charge in [-0.15, -0.1) is 0 Å². The Hall–Kier alpha value is -4.65. The number of H-pyrrole nitrogens is 1. The van der Waals surface area contributed by atoms with E-state index in [1.54, 1.807) is 26.2 Å². The van der Waals surface area contributed by atoms with Gasteiger partial charge in [-0.05, 0) is 55.6 Å². The summed E-state index contributed by atoms with van der Waals surface area (Å²) >= 11 is 0. The summed E-state index contributed by atoms with van der Waals surface area (Å²) < 4.78 is 44.5. The number of hydrogen-bond donors (Lipinski definition) is 3. The summed E-state index contributed by atoms with van der Waals surface area (Å²) in [6.45, 7) is 3.87. The molecule has 1 unspecified atom stereocenters. The maximum Gasteiger partial charge on any atom is 0.276 e. The predicted molar refractivity (Wildman–Crippen MR) is 145 cm³/mol. The SMILES string of the molecule is COCc1[nH]nc(C)c1-c1ccc(NC(=O)[C@@H](NC(=O)c2nonc2C)C2c3ccc(F)c(F)c3OCC23CC3)cc1. The zero-order chi connectivity index (χ0) is 29.6. The van der Waals surface area contributed by atoms with Crippen LogP contribution in [0.4, 0.5) is 14.5 Å². The van der Waals surface area contributed by atoms with Crippen LogP contribution in [-0.4, -0.2) is 52.1 Å². The van der Waals surface area contributed by atoms with E-state index < -0.39 is 40.8 Å². The number of anilines is 1. The van der Waals surface area contributed by atoms with Gasteiger partial charge in [0.15, 0.2) is 17.3 Å². The number of benzene rings is 2. The molecule has 4 aromatic rings. The number of fused-ring (bicyclic) bond motifs is 1. The molecule has 1 aliphatic carbocycles. The topological polar surface area (TPSA) is 144 Å². The van der Waals surface area contributed by atoms with Gasteiger partial charge in [-0.2, -0.15) is 9.49 Å². The number of amides is 2. The van der Waals surface area contributed by atoms with Gasteiger partial charge in [0.05, 0.1) is 24.6 Å². The van der Waals surface area contributed by atoms with Gasteiger partial charge in [0.1, 0.15) is 11.7 Å². The van der Waals surface area contributed by atoms with Crippen molar-refractivity contribution in [2.75, 3.05) is 19.0 Å². The van der Waals surface area contributed by atoms with Crippen LogP contribution in [0, 0.1) is 30.9 Å². The number of hydrogen-bond acceptors (Lipinski definition) is 8. The Balaban J connectivity index is 1.33. The lowest BCUT2D eigenvalue weighted by Crippen LogP contribution is -2.52. The first-order valence-electron chi connectivity index (χ1n) is 13.4. The number of carbonyl (C=O) groups excluding carboxylic acids is 2. The Morgan fingerprint density at radius 2 is 1.88 bits per heavy atom. The molecule has 1 spiro atoms. The number of nitrogens with one attached hydrogen (secondary N) is 3. The molecule has 11 nitrogen and oxygen atoms in total. The molecule has 2 aromatic carbocycles. The van der Waals surface area contributed by atoms with Crippen LogP contribution in [0.2, 0.25) is 0 Å². The maximum absolute atomic E-state index is 14.8. The van der Waals surface area contributed by atoms with Crippen molar-refractivity contribution in [3.63, 3.8) is 0 Å². The van der Waals surface area contributed by atoms with Gasteiger partial charge in [-0.25, -0.2) is 9.02 Å². The summed E-state index contributed by atoms with van der Waals surface area (Å²) in [5.41, 5.74) is 3.80. The van der Waals surface area contributed by atoms with Crippen molar-refractivity contribution < 1.29 is 32.5 Å². The largest absolute Gasteiger partial charge is 0.489 e. The first-order chi connectivity index (χ1) is 20.2. The Bertz CT molecular complexity index is 1660. The summed E-state index contributed by atoms with van der Waals surface area (Å²) in [4.78, 5) is 27.2. The van der Waals surface area contributed by atoms with Crippen LogP contribution < -0.4 is 15.4 Å². The third-order valence-corrected chi connectivity index (χ3v) is 7.99. The third-order valence-electron chi connectivity index (χ3n) is 7.99. The quantitative estimate of drug-likeness (QED) is 0.282. The fourth-order valence-electron chi connectivity index (χ4n) is 5.72. The smallest absolute Gasteiger partial charge is 0.276 e. The van der Waals surface area contributed by atoms with Gasteiger partial charge in [-0.1, -0.05) is 23.4 Å². The highest BCUT2D eigenvalue weighted by atomic mass is 19.2. The van der Waals surface area contributed by atoms with Crippen LogP contribution in [0.25, 0.3) is 11.1 Å². The normalized spacial score (nSPS) is 17.3. The molecule has 2 aliphatic rings. The van der Waals surface area contributed by atoms with E-state index >= 15 is 0 Å². The van der Waals surface area contributed by atoms with Crippen molar-refractivity contribution in [3.05, 3.63) is 76.4 Å². The molecule has 2 atom stereocenters. The maximum atomic E-state index is 14.8. The summed E-state index contributed by atoms with van der Waals surface area (Å²) in [5, 5.41) is 20.2. The van der Waals surface area contributed by atoms with Crippen molar-refractivity contribution in [1.82, 2.24) is 25.8 Å². The molecule has 1 fully saturated rings. The van der Waals surface area contributed by atoms with Crippen molar-refractivity contribution in [1.29, 1.82) is 0 Å². The lowest BCUT2D eigenvalue weighted by atomic mass is 9.75. The summed E-state index contributed by atoms with van der Waals surface area (Å²) in [5.74, 6) is -4.38. The molecule has 13 heteroatoms. The Labute approximate surface area is 238 Å². The summed E-state index contributed by atoms with van der Waals surface area (Å²) in [6.07, 6.45) is 1.37. The molecule has 42 heavy (non-hydrogen) atoms. The van der Waals surface area contributed by atoms with Crippen LogP contribution in [0.1, 0.15) is 51.9 Å². The van der Waals surface area contributed by atoms with E-state index in [4.69, 9.17) is 9.47 Å². The van der Waals surface area contributed by atoms with E-state index in [0.29, 0.717) is 30.7 Å². The van der Waals surface area contributed by atoms with E-state index in [0.717, 1.165) is 28.6 Å². The van der Waals surface area contributed by atoms with E-state index in [2.05, 4.69) is 35.8 Å². The summed E-state index contributed by atoms with van der Waals surface area (Å²) in [6, 6.07) is 8.38. The molecule has 2 aromatic heterocycles. The van der Waals surface area contributed by atoms with Gasteiger partial charge >= 0.3 is 0 Å². The lowest BCUT2D eigenvalue weighted by molar-refractivity contribution is -0.119. The average molecular weight is 579 g/mol. The van der Waals surface area contributed by atoms with Gasteiger partial charge in [-0.3, -0.25) is 14.7 Å². The minimum atomic E-state index is -1.19. The Morgan fingerprint density at radius 1 is 1.12 bits per heavy atom. The zero-order valence-corrected chi connectivity index (χ0v) is 23.1. The van der Waals surface area contributed by atoms with Gasteiger partial charge in [0.2, 0.25) is 11.7 Å². The molecule has 2 amide bonds. The summed E-state index contributed by atoms with van der Waals surface area (Å²) in [7, 11) is 1.60. The van der Waals surface area contributed by atoms with Gasteiger partial charge in [0, 0.05) is 35.3 Å². The average Bonchev–Trinajstić information content (AvgIpc) is 3.44. The molecule has 1 saturated carbocycles. The molecule has 0 saturated heterocycles. The van der Waals surface area contributed by atoms with Gasteiger partial charge in [0.25, 0.3) is 5.91 Å². The number of aromatic nitrogens is 4. The molecular weight excluding hydrogens is 550 g/mol. The Kier molecular flexibility index (Phi) is 6.97. The standard InChI is InChI=1S/C29H28F2N6O5/c1-14-21(20(12-40-3)35-34-14)16-4-6-17(7-5-16)32-28(39)25(33-27(38)24-15(2)36-42-37-24)22-18-8-9-19(30)23(31)26(18)41-13-29(22)10-11-29/h4-9,22,25H,10-13H2,1-3H3,(H,32,39)(H,33,38)(H,34,35)/t22?,25-/m0/s1. The fourth-order valence-corrected chi connectivity index (χ4v) is 5.72. The van der Waals surface area contributed by atoms with Crippen molar-refractivity contribution in [2.24, 2.45) is 5.41 Å². The van der Waals surface area contributed by atoms with Crippen molar-refractivity contribution in [2.45, 2.75) is 45.3 Å². The van der Waals surface area contributed by atoms with Crippen LogP contribution in [0.3, 0.4) is 0 Å². The highest BCUT2D eigenvalue weighted by molar-refractivity contribution is 6.01. The number of rotatable bonds is 8. The van der Waals surface area contributed by atoms with Crippen LogP contribution in [0.15, 0.2) is 41.0 Å². The molecule has 3 heterocycles. The minimum absolute atomic E-state index is 0.0811. The minimum Gasteiger partial charge on any atom is -0.489 e. The number of halogens is 2. The molecule has 218 valence electrons. The van der Waals surface area contributed by atoms with Crippen LogP contribution in [0.5, 0.6) is 5.75 Å². The van der Waals surface area contributed by atoms with E-state index in [-0.39, 0.29) is 23.7 Å². The van der Waals surface area contributed by atoms with Crippen molar-refractivity contribution in [3.8, 4) is 16.9 Å². The first kappa shape index (κ1) is 27.5. The fraction of sp³-hybridized carbons (Fsp3) is 0.345.